The summed E-state index contributed by atoms with van der Waals surface area (Å²) in [6.45, 7) is 2.40. The molecule has 0 aliphatic carbocycles. The van der Waals surface area contributed by atoms with Crippen molar-refractivity contribution in [3.63, 3.8) is 0 Å². The average molecular weight is 230 g/mol. The van der Waals surface area contributed by atoms with Gasteiger partial charge in [-0.3, -0.25) is 4.90 Å². The van der Waals surface area contributed by atoms with Crippen molar-refractivity contribution in [1.82, 2.24) is 14.9 Å². The molecule has 0 radical (unpaired) electrons. The molecule has 3 N–H and O–H groups in total. The Morgan fingerprint density at radius 3 is 2.71 bits per heavy atom. The molecule has 1 heterocycles. The number of nitrogens with one attached hydrogen (secondary N) is 1. The first-order valence-electron chi connectivity index (χ1n) is 5.82. The van der Waals surface area contributed by atoms with Crippen LogP contribution in [0.2, 0.25) is 0 Å². The Labute approximate surface area is 101 Å². The summed E-state index contributed by atoms with van der Waals surface area (Å²) in [6, 6.07) is 10.4. The zero-order chi connectivity index (χ0) is 11.9. The fraction of sp³-hybridized carbons (Fsp3) is 0.308. The van der Waals surface area contributed by atoms with Crippen molar-refractivity contribution >= 4 is 0 Å². The van der Waals surface area contributed by atoms with Gasteiger partial charge in [0.2, 0.25) is 0 Å². The van der Waals surface area contributed by atoms with Gasteiger partial charge in [0.15, 0.2) is 0 Å². The van der Waals surface area contributed by atoms with Crippen LogP contribution in [-0.2, 0) is 13.0 Å². The third-order valence-electron chi connectivity index (χ3n) is 2.76. The SMILES string of the molecule is NCN(CCc1cnc[nH]1)Cc1ccccc1. The number of hydrogen-bond acceptors (Lipinski definition) is 3. The molecule has 0 unspecified atom stereocenters. The van der Waals surface area contributed by atoms with Gasteiger partial charge >= 0.3 is 0 Å². The van der Waals surface area contributed by atoms with Crippen LogP contribution in [0.1, 0.15) is 11.3 Å². The largest absolute Gasteiger partial charge is 0.348 e. The second-order valence-corrected chi connectivity index (χ2v) is 4.05. The third-order valence-corrected chi connectivity index (χ3v) is 2.76. The van der Waals surface area contributed by atoms with E-state index in [1.165, 1.54) is 5.56 Å². The van der Waals surface area contributed by atoms with Crippen LogP contribution in [0, 0.1) is 0 Å². The Morgan fingerprint density at radius 1 is 1.24 bits per heavy atom. The molecule has 2 aromatic rings. The summed E-state index contributed by atoms with van der Waals surface area (Å²) >= 11 is 0. The molecule has 1 aromatic heterocycles. The molecule has 0 aliphatic heterocycles. The molecule has 0 saturated carbocycles. The van der Waals surface area contributed by atoms with Gasteiger partial charge in [-0.15, -0.1) is 0 Å². The molecule has 0 spiro atoms. The lowest BCUT2D eigenvalue weighted by Crippen LogP contribution is -2.31. The molecule has 0 atom stereocenters. The van der Waals surface area contributed by atoms with Gasteiger partial charge in [-0.05, 0) is 5.56 Å². The number of aromatic nitrogens is 2. The van der Waals surface area contributed by atoms with E-state index < -0.39 is 0 Å². The number of imidazole rings is 1. The van der Waals surface area contributed by atoms with E-state index in [9.17, 15) is 0 Å². The highest BCUT2D eigenvalue weighted by Gasteiger charge is 2.04. The van der Waals surface area contributed by atoms with Gasteiger partial charge in [0, 0.05) is 38.1 Å². The molecule has 0 aliphatic rings. The monoisotopic (exact) mass is 230 g/mol. The summed E-state index contributed by atoms with van der Waals surface area (Å²) in [5, 5.41) is 0. The smallest absolute Gasteiger partial charge is 0.0921 e. The molecular formula is C13H18N4. The molecule has 4 nitrogen and oxygen atoms in total. The lowest BCUT2D eigenvalue weighted by atomic mass is 10.2. The average Bonchev–Trinajstić information content (AvgIpc) is 2.89. The predicted octanol–water partition coefficient (Wildman–Crippen LogP) is 1.37. The lowest BCUT2D eigenvalue weighted by molar-refractivity contribution is 0.276. The van der Waals surface area contributed by atoms with Crippen LogP contribution >= 0.6 is 0 Å². The Morgan fingerprint density at radius 2 is 2.06 bits per heavy atom. The maximum Gasteiger partial charge on any atom is 0.0921 e. The summed E-state index contributed by atoms with van der Waals surface area (Å²) in [6.07, 6.45) is 4.51. The fourth-order valence-electron chi connectivity index (χ4n) is 1.78. The van der Waals surface area contributed by atoms with Crippen molar-refractivity contribution in [3.05, 3.63) is 54.1 Å². The van der Waals surface area contributed by atoms with E-state index in [0.717, 1.165) is 25.2 Å². The molecule has 0 saturated heterocycles. The Hall–Kier alpha value is -1.65. The molecule has 4 heteroatoms. The highest BCUT2D eigenvalue weighted by molar-refractivity contribution is 5.14. The highest BCUT2D eigenvalue weighted by atomic mass is 15.2. The van der Waals surface area contributed by atoms with Gasteiger partial charge in [0.1, 0.15) is 0 Å². The summed E-state index contributed by atoms with van der Waals surface area (Å²) in [5.74, 6) is 0. The van der Waals surface area contributed by atoms with Gasteiger partial charge in [-0.2, -0.15) is 0 Å². The molecular weight excluding hydrogens is 212 g/mol. The number of aromatic amines is 1. The first kappa shape index (κ1) is 11.8. The van der Waals surface area contributed by atoms with E-state index in [1.807, 2.05) is 12.3 Å². The zero-order valence-electron chi connectivity index (χ0n) is 9.84. The standard InChI is InChI=1S/C13H18N4/c14-10-17(7-6-13-8-15-11-16-13)9-12-4-2-1-3-5-12/h1-5,8,11H,6-7,9-10,14H2,(H,15,16). The second kappa shape index (κ2) is 6.18. The summed E-state index contributed by atoms with van der Waals surface area (Å²) in [4.78, 5) is 9.32. The van der Waals surface area contributed by atoms with E-state index >= 15 is 0 Å². The van der Waals surface area contributed by atoms with Crippen molar-refractivity contribution in [1.29, 1.82) is 0 Å². The molecule has 1 aromatic carbocycles. The number of rotatable bonds is 6. The van der Waals surface area contributed by atoms with Crippen molar-refractivity contribution < 1.29 is 0 Å². The maximum absolute atomic E-state index is 5.76. The number of H-pyrrole nitrogens is 1. The Balaban J connectivity index is 1.85. The molecule has 2 rings (SSSR count). The number of nitrogens with zero attached hydrogens (tertiary/aromatic N) is 2. The fourth-order valence-corrected chi connectivity index (χ4v) is 1.78. The molecule has 90 valence electrons. The van der Waals surface area contributed by atoms with E-state index in [1.54, 1.807) is 6.33 Å². The number of nitrogens with two attached hydrogens (primary N) is 1. The normalized spacial score (nSPS) is 10.9. The van der Waals surface area contributed by atoms with Gasteiger partial charge in [-0.25, -0.2) is 4.98 Å². The first-order chi connectivity index (χ1) is 8.38. The van der Waals surface area contributed by atoms with Gasteiger partial charge < -0.3 is 10.7 Å². The van der Waals surface area contributed by atoms with Gasteiger partial charge in [0.05, 0.1) is 6.33 Å². The summed E-state index contributed by atoms with van der Waals surface area (Å²) < 4.78 is 0. The highest BCUT2D eigenvalue weighted by Crippen LogP contribution is 2.04. The van der Waals surface area contributed by atoms with E-state index in [2.05, 4.69) is 39.1 Å². The van der Waals surface area contributed by atoms with E-state index in [-0.39, 0.29) is 0 Å². The second-order valence-electron chi connectivity index (χ2n) is 4.05. The summed E-state index contributed by atoms with van der Waals surface area (Å²) in [7, 11) is 0. The maximum atomic E-state index is 5.76. The van der Waals surface area contributed by atoms with Gasteiger partial charge in [-0.1, -0.05) is 30.3 Å². The van der Waals surface area contributed by atoms with Crippen molar-refractivity contribution in [2.24, 2.45) is 5.73 Å². The van der Waals surface area contributed by atoms with Crippen LogP contribution in [0.15, 0.2) is 42.9 Å². The minimum atomic E-state index is 0.572. The lowest BCUT2D eigenvalue weighted by Gasteiger charge is -2.19. The molecule has 0 fully saturated rings. The van der Waals surface area contributed by atoms with E-state index in [4.69, 9.17) is 5.73 Å². The minimum absolute atomic E-state index is 0.572. The van der Waals surface area contributed by atoms with Crippen LogP contribution < -0.4 is 5.73 Å². The van der Waals surface area contributed by atoms with Crippen LogP contribution in [-0.4, -0.2) is 28.1 Å². The quantitative estimate of drug-likeness (QED) is 0.737. The first-order valence-corrected chi connectivity index (χ1v) is 5.82. The van der Waals surface area contributed by atoms with Crippen LogP contribution in [0.25, 0.3) is 0 Å². The predicted molar refractivity (Wildman–Crippen MR) is 68.2 cm³/mol. The zero-order valence-corrected chi connectivity index (χ0v) is 9.84. The molecule has 0 amide bonds. The summed E-state index contributed by atoms with van der Waals surface area (Å²) in [5.41, 5.74) is 8.20. The van der Waals surface area contributed by atoms with Crippen LogP contribution in [0.5, 0.6) is 0 Å². The Bertz CT molecular complexity index is 410. The Kier molecular flexibility index (Phi) is 4.30. The van der Waals surface area contributed by atoms with Crippen LogP contribution in [0.3, 0.4) is 0 Å². The van der Waals surface area contributed by atoms with Crippen molar-refractivity contribution in [2.75, 3.05) is 13.2 Å². The minimum Gasteiger partial charge on any atom is -0.348 e. The number of benzene rings is 1. The van der Waals surface area contributed by atoms with Crippen molar-refractivity contribution in [3.8, 4) is 0 Å². The van der Waals surface area contributed by atoms with E-state index in [0.29, 0.717) is 6.67 Å². The molecule has 0 bridgehead atoms. The topological polar surface area (TPSA) is 57.9 Å². The van der Waals surface area contributed by atoms with Gasteiger partial charge in [0.25, 0.3) is 0 Å². The number of hydrogen-bond donors (Lipinski definition) is 2. The van der Waals surface area contributed by atoms with Crippen molar-refractivity contribution in [2.45, 2.75) is 13.0 Å². The molecule has 17 heavy (non-hydrogen) atoms. The van der Waals surface area contributed by atoms with Crippen LogP contribution in [0.4, 0.5) is 0 Å². The third kappa shape index (κ3) is 3.69.